The van der Waals surface area contributed by atoms with Gasteiger partial charge >= 0.3 is 0 Å². The number of carbonyl (C=O) groups excluding carboxylic acids is 2. The summed E-state index contributed by atoms with van der Waals surface area (Å²) in [4.78, 5) is 23.6. The maximum atomic E-state index is 11.9. The van der Waals surface area contributed by atoms with Crippen molar-refractivity contribution in [3.05, 3.63) is 29.3 Å². The molecule has 1 aromatic rings. The Bertz CT molecular complexity index is 474. The molecule has 2 amide bonds. The van der Waals surface area contributed by atoms with Crippen molar-refractivity contribution >= 4 is 41.5 Å². The van der Waals surface area contributed by atoms with Crippen LogP contribution in [0.5, 0.6) is 0 Å². The van der Waals surface area contributed by atoms with Crippen LogP contribution in [0.3, 0.4) is 0 Å². The van der Waals surface area contributed by atoms with Gasteiger partial charge in [-0.3, -0.25) is 9.59 Å². The molecule has 1 fully saturated rings. The van der Waals surface area contributed by atoms with Crippen molar-refractivity contribution in [3.8, 4) is 0 Å². The fourth-order valence-corrected chi connectivity index (χ4v) is 2.25. The summed E-state index contributed by atoms with van der Waals surface area (Å²) in [7, 11) is 0. The fraction of sp³-hybridized carbons (Fsp3) is 0.429. The van der Waals surface area contributed by atoms with E-state index in [0.717, 1.165) is 19.4 Å². The largest absolute Gasteiger partial charge is 0.347 e. The van der Waals surface area contributed by atoms with Crippen molar-refractivity contribution < 1.29 is 9.59 Å². The Labute approximate surface area is 135 Å². The molecule has 5 nitrogen and oxygen atoms in total. The summed E-state index contributed by atoms with van der Waals surface area (Å²) in [5, 5.41) is 9.15. The lowest BCUT2D eigenvalue weighted by molar-refractivity contribution is -0.127. The van der Waals surface area contributed by atoms with Gasteiger partial charge in [-0.25, -0.2) is 0 Å². The summed E-state index contributed by atoms with van der Waals surface area (Å²) < 4.78 is 0. The Morgan fingerprint density at radius 1 is 1.29 bits per heavy atom. The van der Waals surface area contributed by atoms with Crippen molar-refractivity contribution in [2.24, 2.45) is 5.92 Å². The molecule has 0 saturated carbocycles. The molecule has 3 N–H and O–H groups in total. The van der Waals surface area contributed by atoms with Crippen LogP contribution in [0.25, 0.3) is 0 Å². The smallest absolute Gasteiger partial charge is 0.243 e. The molecule has 1 aromatic carbocycles. The monoisotopic (exact) mass is 331 g/mol. The highest BCUT2D eigenvalue weighted by atomic mass is 35.5. The number of nitrogens with one attached hydrogen (secondary N) is 3. The molecule has 1 aliphatic heterocycles. The van der Waals surface area contributed by atoms with E-state index in [2.05, 4.69) is 16.0 Å². The van der Waals surface area contributed by atoms with Crippen LogP contribution in [0.4, 0.5) is 5.69 Å². The quantitative estimate of drug-likeness (QED) is 0.788. The average Bonchev–Trinajstić information content (AvgIpc) is 2.48. The van der Waals surface area contributed by atoms with Crippen LogP contribution in [-0.4, -0.2) is 31.4 Å². The number of benzene rings is 1. The zero-order valence-corrected chi connectivity index (χ0v) is 13.1. The van der Waals surface area contributed by atoms with E-state index in [4.69, 9.17) is 11.6 Å². The molecule has 0 radical (unpaired) electrons. The van der Waals surface area contributed by atoms with E-state index in [1.54, 1.807) is 24.3 Å². The van der Waals surface area contributed by atoms with Gasteiger partial charge in [0.2, 0.25) is 11.8 Å². The van der Waals surface area contributed by atoms with Crippen LogP contribution in [0.15, 0.2) is 24.3 Å². The molecule has 0 aromatic heterocycles. The Balaban J connectivity index is 0.00000220. The third kappa shape index (κ3) is 5.91. The molecule has 116 valence electrons. The number of hydrogen-bond donors (Lipinski definition) is 3. The summed E-state index contributed by atoms with van der Waals surface area (Å²) in [5.74, 6) is -0.347. The topological polar surface area (TPSA) is 70.2 Å². The van der Waals surface area contributed by atoms with Crippen LogP contribution in [0, 0.1) is 5.92 Å². The number of anilines is 1. The normalized spacial score (nSPS) is 17.5. The first kappa shape index (κ1) is 17.8. The first-order valence-corrected chi connectivity index (χ1v) is 7.07. The molecule has 1 aliphatic rings. The summed E-state index contributed by atoms with van der Waals surface area (Å²) in [6, 6.07) is 6.83. The van der Waals surface area contributed by atoms with E-state index in [1.165, 1.54) is 0 Å². The van der Waals surface area contributed by atoms with Gasteiger partial charge in [0.1, 0.15) is 0 Å². The van der Waals surface area contributed by atoms with E-state index < -0.39 is 0 Å². The van der Waals surface area contributed by atoms with Crippen LogP contribution >= 0.6 is 24.0 Å². The molecule has 1 heterocycles. The first-order valence-electron chi connectivity index (χ1n) is 6.69. The summed E-state index contributed by atoms with van der Waals surface area (Å²) in [6.07, 6.45) is 1.87. The standard InChI is InChI=1S/C14H18ClN3O2.ClH/c15-11-3-5-12(6-4-11)18-13(19)9-17-14(20)10-2-1-7-16-8-10;/h3-6,10,16H,1-2,7-9H2,(H,17,20)(H,18,19);1H. The maximum Gasteiger partial charge on any atom is 0.243 e. The zero-order valence-electron chi connectivity index (χ0n) is 11.5. The second kappa shape index (κ2) is 8.87. The van der Waals surface area contributed by atoms with E-state index in [1.807, 2.05) is 0 Å². The minimum Gasteiger partial charge on any atom is -0.347 e. The van der Waals surface area contributed by atoms with Crippen molar-refractivity contribution in [2.75, 3.05) is 25.0 Å². The number of carbonyl (C=O) groups is 2. The Kier molecular flexibility index (Phi) is 7.50. The van der Waals surface area contributed by atoms with Crippen molar-refractivity contribution in [2.45, 2.75) is 12.8 Å². The Morgan fingerprint density at radius 3 is 2.62 bits per heavy atom. The Hall–Kier alpha value is -1.30. The van der Waals surface area contributed by atoms with Gasteiger partial charge in [0.15, 0.2) is 0 Å². The van der Waals surface area contributed by atoms with E-state index in [9.17, 15) is 9.59 Å². The highest BCUT2D eigenvalue weighted by Gasteiger charge is 2.20. The lowest BCUT2D eigenvalue weighted by Crippen LogP contribution is -2.42. The van der Waals surface area contributed by atoms with Gasteiger partial charge in [-0.05, 0) is 43.7 Å². The van der Waals surface area contributed by atoms with E-state index in [0.29, 0.717) is 17.3 Å². The molecule has 1 atom stereocenters. The third-order valence-corrected chi connectivity index (χ3v) is 3.47. The molecular formula is C14H19Cl2N3O2. The van der Waals surface area contributed by atoms with Gasteiger partial charge in [0, 0.05) is 17.3 Å². The van der Waals surface area contributed by atoms with Gasteiger partial charge in [-0.2, -0.15) is 0 Å². The molecule has 0 spiro atoms. The van der Waals surface area contributed by atoms with Gasteiger partial charge in [0.25, 0.3) is 0 Å². The van der Waals surface area contributed by atoms with Crippen LogP contribution in [0.2, 0.25) is 5.02 Å². The molecule has 0 bridgehead atoms. The predicted molar refractivity (Wildman–Crippen MR) is 85.9 cm³/mol. The fourth-order valence-electron chi connectivity index (χ4n) is 2.13. The lowest BCUT2D eigenvalue weighted by Gasteiger charge is -2.21. The molecule has 1 unspecified atom stereocenters. The third-order valence-electron chi connectivity index (χ3n) is 3.22. The number of amides is 2. The molecule has 2 rings (SSSR count). The second-order valence-corrected chi connectivity index (χ2v) is 5.25. The first-order chi connectivity index (χ1) is 9.65. The van der Waals surface area contributed by atoms with Crippen molar-refractivity contribution in [1.29, 1.82) is 0 Å². The van der Waals surface area contributed by atoms with Crippen LogP contribution in [0.1, 0.15) is 12.8 Å². The number of rotatable bonds is 4. The molecule has 0 aliphatic carbocycles. The molecular weight excluding hydrogens is 313 g/mol. The number of hydrogen-bond acceptors (Lipinski definition) is 3. The van der Waals surface area contributed by atoms with Gasteiger partial charge in [-0.15, -0.1) is 12.4 Å². The predicted octanol–water partition coefficient (Wildman–Crippen LogP) is 1.82. The van der Waals surface area contributed by atoms with Crippen molar-refractivity contribution in [3.63, 3.8) is 0 Å². The highest BCUT2D eigenvalue weighted by Crippen LogP contribution is 2.13. The highest BCUT2D eigenvalue weighted by molar-refractivity contribution is 6.30. The van der Waals surface area contributed by atoms with E-state index in [-0.39, 0.29) is 36.7 Å². The maximum absolute atomic E-state index is 11.9. The Morgan fingerprint density at radius 2 is 2.00 bits per heavy atom. The average molecular weight is 332 g/mol. The molecule has 7 heteroatoms. The zero-order chi connectivity index (χ0) is 14.4. The lowest BCUT2D eigenvalue weighted by atomic mass is 9.99. The summed E-state index contributed by atoms with van der Waals surface area (Å²) in [6.45, 7) is 1.63. The van der Waals surface area contributed by atoms with Gasteiger partial charge in [-0.1, -0.05) is 11.6 Å². The van der Waals surface area contributed by atoms with Crippen LogP contribution < -0.4 is 16.0 Å². The SMILES string of the molecule is Cl.O=C(CNC(=O)C1CCCNC1)Nc1ccc(Cl)cc1. The minimum absolute atomic E-state index is 0. The molecule has 1 saturated heterocycles. The van der Waals surface area contributed by atoms with Gasteiger partial charge < -0.3 is 16.0 Å². The van der Waals surface area contributed by atoms with Crippen molar-refractivity contribution in [1.82, 2.24) is 10.6 Å². The van der Waals surface area contributed by atoms with Crippen LogP contribution in [-0.2, 0) is 9.59 Å². The van der Waals surface area contributed by atoms with Gasteiger partial charge in [0.05, 0.1) is 12.5 Å². The summed E-state index contributed by atoms with van der Waals surface area (Å²) in [5.41, 5.74) is 0.660. The summed E-state index contributed by atoms with van der Waals surface area (Å²) >= 11 is 5.76. The molecule has 21 heavy (non-hydrogen) atoms. The number of piperidine rings is 1. The second-order valence-electron chi connectivity index (χ2n) is 4.82. The number of halogens is 2. The van der Waals surface area contributed by atoms with E-state index >= 15 is 0 Å². The minimum atomic E-state index is -0.246.